The van der Waals surface area contributed by atoms with Gasteiger partial charge in [-0.3, -0.25) is 9.59 Å². The third-order valence-electron chi connectivity index (χ3n) is 4.36. The van der Waals surface area contributed by atoms with Gasteiger partial charge in [0.2, 0.25) is 11.8 Å². The summed E-state index contributed by atoms with van der Waals surface area (Å²) in [6.45, 7) is 7.76. The SMILES string of the molecule is CCC(C)CN1C(=O)C2CCCN2C(=O)C1CC. The molecule has 0 spiro atoms. The van der Waals surface area contributed by atoms with Crippen molar-refractivity contribution < 1.29 is 9.59 Å². The topological polar surface area (TPSA) is 40.6 Å². The molecule has 0 saturated carbocycles. The quantitative estimate of drug-likeness (QED) is 0.763. The molecule has 0 aliphatic carbocycles. The first-order valence-electron chi connectivity index (χ1n) is 7.21. The van der Waals surface area contributed by atoms with E-state index in [2.05, 4.69) is 13.8 Å². The van der Waals surface area contributed by atoms with Crippen LogP contribution in [0.15, 0.2) is 0 Å². The van der Waals surface area contributed by atoms with Gasteiger partial charge in [0.05, 0.1) is 0 Å². The van der Waals surface area contributed by atoms with E-state index in [1.165, 1.54) is 0 Å². The lowest BCUT2D eigenvalue weighted by atomic mass is 10.00. The summed E-state index contributed by atoms with van der Waals surface area (Å²) in [6, 6.07) is -0.384. The molecule has 2 fully saturated rings. The van der Waals surface area contributed by atoms with Crippen molar-refractivity contribution >= 4 is 11.8 Å². The van der Waals surface area contributed by atoms with E-state index in [1.807, 2.05) is 16.7 Å². The standard InChI is InChI=1S/C14H24N2O2/c1-4-10(3)9-16-11(5-2)13(17)15-8-6-7-12(15)14(16)18/h10-12H,4-9H2,1-3H3. The molecule has 0 N–H and O–H groups in total. The predicted octanol–water partition coefficient (Wildman–Crippen LogP) is 1.64. The molecule has 4 nitrogen and oxygen atoms in total. The number of rotatable bonds is 4. The van der Waals surface area contributed by atoms with E-state index in [0.29, 0.717) is 5.92 Å². The maximum atomic E-state index is 12.5. The summed E-state index contributed by atoms with van der Waals surface area (Å²) >= 11 is 0. The Morgan fingerprint density at radius 2 is 2.00 bits per heavy atom. The second-order valence-corrected chi connectivity index (χ2v) is 5.62. The van der Waals surface area contributed by atoms with Gasteiger partial charge in [-0.15, -0.1) is 0 Å². The molecule has 2 aliphatic heterocycles. The Morgan fingerprint density at radius 3 is 2.61 bits per heavy atom. The summed E-state index contributed by atoms with van der Waals surface area (Å²) in [5, 5.41) is 0. The first-order chi connectivity index (χ1) is 8.60. The van der Waals surface area contributed by atoms with Gasteiger partial charge in [-0.2, -0.15) is 0 Å². The third-order valence-corrected chi connectivity index (χ3v) is 4.36. The van der Waals surface area contributed by atoms with Crippen molar-refractivity contribution in [2.75, 3.05) is 13.1 Å². The molecule has 0 aromatic heterocycles. The number of nitrogens with zero attached hydrogens (tertiary/aromatic N) is 2. The number of carbonyl (C=O) groups excluding carboxylic acids is 2. The van der Waals surface area contributed by atoms with E-state index in [1.54, 1.807) is 0 Å². The van der Waals surface area contributed by atoms with Crippen LogP contribution in [0, 0.1) is 5.92 Å². The zero-order valence-electron chi connectivity index (χ0n) is 11.7. The van der Waals surface area contributed by atoms with Gasteiger partial charge < -0.3 is 9.80 Å². The van der Waals surface area contributed by atoms with E-state index >= 15 is 0 Å². The molecular formula is C14H24N2O2. The molecule has 102 valence electrons. The van der Waals surface area contributed by atoms with Gasteiger partial charge >= 0.3 is 0 Å². The second-order valence-electron chi connectivity index (χ2n) is 5.62. The average molecular weight is 252 g/mol. The Labute approximate surface area is 109 Å². The smallest absolute Gasteiger partial charge is 0.246 e. The predicted molar refractivity (Wildman–Crippen MR) is 70.0 cm³/mol. The van der Waals surface area contributed by atoms with E-state index < -0.39 is 0 Å². The van der Waals surface area contributed by atoms with Crippen molar-refractivity contribution in [3.63, 3.8) is 0 Å². The van der Waals surface area contributed by atoms with Crippen LogP contribution in [0.2, 0.25) is 0 Å². The highest BCUT2D eigenvalue weighted by Gasteiger charge is 2.46. The Balaban J connectivity index is 2.20. The zero-order valence-corrected chi connectivity index (χ0v) is 11.7. The van der Waals surface area contributed by atoms with Gasteiger partial charge in [0, 0.05) is 13.1 Å². The molecular weight excluding hydrogens is 228 g/mol. The van der Waals surface area contributed by atoms with Crippen LogP contribution in [0.3, 0.4) is 0 Å². The number of fused-ring (bicyclic) bond motifs is 1. The molecule has 0 bridgehead atoms. The molecule has 3 unspecified atom stereocenters. The second kappa shape index (κ2) is 5.29. The molecule has 4 heteroatoms. The van der Waals surface area contributed by atoms with Crippen LogP contribution in [0.5, 0.6) is 0 Å². The molecule has 0 aromatic carbocycles. The summed E-state index contributed by atoms with van der Waals surface area (Å²) < 4.78 is 0. The van der Waals surface area contributed by atoms with E-state index in [9.17, 15) is 9.59 Å². The Hall–Kier alpha value is -1.06. The fourth-order valence-electron chi connectivity index (χ4n) is 3.03. The summed E-state index contributed by atoms with van der Waals surface area (Å²) in [6.07, 6.45) is 3.58. The fraction of sp³-hybridized carbons (Fsp3) is 0.857. The largest absolute Gasteiger partial charge is 0.329 e. The molecule has 2 rings (SSSR count). The van der Waals surface area contributed by atoms with Crippen molar-refractivity contribution in [2.24, 2.45) is 5.92 Å². The van der Waals surface area contributed by atoms with Crippen LogP contribution < -0.4 is 0 Å². The minimum atomic E-state index is -0.221. The molecule has 2 heterocycles. The first kappa shape index (κ1) is 13.4. The number of amides is 2. The maximum absolute atomic E-state index is 12.5. The van der Waals surface area contributed by atoms with Crippen LogP contribution in [-0.4, -0.2) is 46.8 Å². The normalized spacial score (nSPS) is 29.7. The lowest BCUT2D eigenvalue weighted by Gasteiger charge is -2.43. The van der Waals surface area contributed by atoms with Gasteiger partial charge in [0.1, 0.15) is 12.1 Å². The minimum Gasteiger partial charge on any atom is -0.329 e. The van der Waals surface area contributed by atoms with Crippen molar-refractivity contribution in [1.29, 1.82) is 0 Å². The third kappa shape index (κ3) is 2.13. The highest BCUT2D eigenvalue weighted by Crippen LogP contribution is 2.28. The number of hydrogen-bond acceptors (Lipinski definition) is 2. The van der Waals surface area contributed by atoms with Crippen LogP contribution >= 0.6 is 0 Å². The van der Waals surface area contributed by atoms with E-state index in [0.717, 1.165) is 38.8 Å². The van der Waals surface area contributed by atoms with Gasteiger partial charge in [0.25, 0.3) is 0 Å². The first-order valence-corrected chi connectivity index (χ1v) is 7.21. The summed E-state index contributed by atoms with van der Waals surface area (Å²) in [5.41, 5.74) is 0. The van der Waals surface area contributed by atoms with Crippen molar-refractivity contribution in [1.82, 2.24) is 9.80 Å². The Bertz CT molecular complexity index is 343. The monoisotopic (exact) mass is 252 g/mol. The van der Waals surface area contributed by atoms with Gasteiger partial charge in [-0.1, -0.05) is 27.2 Å². The van der Waals surface area contributed by atoms with Crippen molar-refractivity contribution in [2.45, 2.75) is 58.5 Å². The molecule has 2 aliphatic rings. The molecule has 2 amide bonds. The lowest BCUT2D eigenvalue weighted by molar-refractivity contribution is -0.160. The number of piperazine rings is 1. The highest BCUT2D eigenvalue weighted by molar-refractivity contribution is 5.97. The number of hydrogen-bond donors (Lipinski definition) is 0. The number of carbonyl (C=O) groups is 2. The van der Waals surface area contributed by atoms with Crippen LogP contribution in [0.4, 0.5) is 0 Å². The maximum Gasteiger partial charge on any atom is 0.246 e. The zero-order chi connectivity index (χ0) is 13.3. The molecule has 3 atom stereocenters. The summed E-state index contributed by atoms with van der Waals surface area (Å²) in [7, 11) is 0. The molecule has 0 radical (unpaired) electrons. The van der Waals surface area contributed by atoms with Crippen LogP contribution in [0.25, 0.3) is 0 Å². The highest BCUT2D eigenvalue weighted by atomic mass is 16.2. The lowest BCUT2D eigenvalue weighted by Crippen LogP contribution is -2.63. The van der Waals surface area contributed by atoms with Crippen LogP contribution in [0.1, 0.15) is 46.5 Å². The summed E-state index contributed by atoms with van der Waals surface area (Å²) in [5.74, 6) is 0.811. The van der Waals surface area contributed by atoms with Crippen molar-refractivity contribution in [3.05, 3.63) is 0 Å². The van der Waals surface area contributed by atoms with E-state index in [4.69, 9.17) is 0 Å². The Morgan fingerprint density at radius 1 is 1.28 bits per heavy atom. The molecule has 0 aromatic rings. The van der Waals surface area contributed by atoms with Crippen LogP contribution in [-0.2, 0) is 9.59 Å². The minimum absolute atomic E-state index is 0.163. The van der Waals surface area contributed by atoms with Gasteiger partial charge in [-0.05, 0) is 25.2 Å². The Kier molecular flexibility index (Phi) is 3.93. The molecule has 2 saturated heterocycles. The van der Waals surface area contributed by atoms with Gasteiger partial charge in [-0.25, -0.2) is 0 Å². The summed E-state index contributed by atoms with van der Waals surface area (Å²) in [4.78, 5) is 28.6. The van der Waals surface area contributed by atoms with E-state index in [-0.39, 0.29) is 23.9 Å². The van der Waals surface area contributed by atoms with Gasteiger partial charge in [0.15, 0.2) is 0 Å². The van der Waals surface area contributed by atoms with Crippen molar-refractivity contribution in [3.8, 4) is 0 Å². The average Bonchev–Trinajstić information content (AvgIpc) is 2.85. The molecule has 18 heavy (non-hydrogen) atoms. The fourth-order valence-corrected chi connectivity index (χ4v) is 3.03.